The van der Waals surface area contributed by atoms with Crippen LogP contribution in [0.3, 0.4) is 0 Å². The Morgan fingerprint density at radius 1 is 1.33 bits per heavy atom. The van der Waals surface area contributed by atoms with Gasteiger partial charge in [0.25, 0.3) is 0 Å². The number of hydrogen-bond donors (Lipinski definition) is 0. The van der Waals surface area contributed by atoms with Gasteiger partial charge in [0, 0.05) is 10.3 Å². The number of aromatic nitrogens is 2. The molecule has 0 saturated heterocycles. The molecule has 0 fully saturated rings. The molecule has 3 rings (SSSR count). The summed E-state index contributed by atoms with van der Waals surface area (Å²) in [4.78, 5) is 11.4. The Morgan fingerprint density at radius 3 is 3.00 bits per heavy atom. The molecule has 0 atom stereocenters. The summed E-state index contributed by atoms with van der Waals surface area (Å²) in [5, 5.41) is 2.69. The van der Waals surface area contributed by atoms with Gasteiger partial charge in [-0.3, -0.25) is 4.98 Å². The van der Waals surface area contributed by atoms with E-state index in [4.69, 9.17) is 12.6 Å². The number of fused-ring (bicyclic) bond motifs is 3. The fourth-order valence-corrected chi connectivity index (χ4v) is 4.15. The molecule has 1 aliphatic rings. The molecule has 15 heavy (non-hydrogen) atoms. The third-order valence-electron chi connectivity index (χ3n) is 2.69. The summed E-state index contributed by atoms with van der Waals surface area (Å²) >= 11 is 8.70. The van der Waals surface area contributed by atoms with Gasteiger partial charge in [0.15, 0.2) is 5.16 Å². The minimum Gasteiger partial charge on any atom is -0.759 e. The Kier molecular flexibility index (Phi) is 2.34. The first-order valence-corrected chi connectivity index (χ1v) is 7.28. The largest absolute Gasteiger partial charge is 0.759 e. The second kappa shape index (κ2) is 3.57. The molecule has 5 heteroatoms. The minimum atomic E-state index is 0.740. The molecule has 0 bridgehead atoms. The van der Waals surface area contributed by atoms with Crippen LogP contribution < -0.4 is 0 Å². The lowest BCUT2D eigenvalue weighted by Crippen LogP contribution is -1.90. The number of rotatable bonds is 1. The fourth-order valence-electron chi connectivity index (χ4n) is 2.04. The lowest BCUT2D eigenvalue weighted by molar-refractivity contribution is 0.907. The van der Waals surface area contributed by atoms with Crippen molar-refractivity contribution in [2.24, 2.45) is 0 Å². The van der Waals surface area contributed by atoms with Gasteiger partial charge in [-0.15, -0.1) is 11.3 Å². The standard InChI is InChI=1S/C10H10N2S3/c1-14-10-11-8(13)7-5-3-2-4-6(5)15-9(7)12-10/h2-4H2,1H3,(H,11,12,13)/p-1. The van der Waals surface area contributed by atoms with Crippen molar-refractivity contribution in [3.8, 4) is 0 Å². The highest BCUT2D eigenvalue weighted by atomic mass is 32.2. The number of thiophene rings is 1. The highest BCUT2D eigenvalue weighted by Crippen LogP contribution is 2.38. The van der Waals surface area contributed by atoms with Gasteiger partial charge in [0.05, 0.1) is 0 Å². The maximum atomic E-state index is 5.34. The van der Waals surface area contributed by atoms with Crippen LogP contribution in [0.25, 0.3) is 10.2 Å². The van der Waals surface area contributed by atoms with Gasteiger partial charge in [-0.1, -0.05) is 16.8 Å². The molecule has 0 spiro atoms. The van der Waals surface area contributed by atoms with Crippen molar-refractivity contribution in [3.63, 3.8) is 0 Å². The Labute approximate surface area is 102 Å². The van der Waals surface area contributed by atoms with Crippen LogP contribution in [-0.4, -0.2) is 16.2 Å². The zero-order valence-electron chi connectivity index (χ0n) is 8.24. The van der Waals surface area contributed by atoms with Crippen LogP contribution >= 0.6 is 23.1 Å². The number of aryl methyl sites for hydroxylation is 2. The SMILES string of the molecule is CSc1nc([S-])c2c3c(sc2n1)CCC3. The molecule has 0 radical (unpaired) electrons. The van der Waals surface area contributed by atoms with E-state index in [1.54, 1.807) is 23.1 Å². The summed E-state index contributed by atoms with van der Waals surface area (Å²) in [6.45, 7) is 0. The Balaban J connectivity index is 2.34. The minimum absolute atomic E-state index is 0.740. The second-order valence-corrected chi connectivity index (χ2v) is 5.80. The zero-order chi connectivity index (χ0) is 10.4. The maximum Gasteiger partial charge on any atom is 0.187 e. The van der Waals surface area contributed by atoms with Crippen LogP contribution in [0.1, 0.15) is 16.9 Å². The predicted molar refractivity (Wildman–Crippen MR) is 66.9 cm³/mol. The van der Waals surface area contributed by atoms with E-state index in [0.29, 0.717) is 0 Å². The van der Waals surface area contributed by atoms with Crippen LogP contribution in [0.5, 0.6) is 0 Å². The average Bonchev–Trinajstić information content (AvgIpc) is 2.75. The van der Waals surface area contributed by atoms with E-state index in [1.165, 1.54) is 23.3 Å². The first-order chi connectivity index (χ1) is 7.29. The predicted octanol–water partition coefficient (Wildman–Crippen LogP) is 2.81. The molecule has 78 valence electrons. The Bertz CT molecular complexity index is 533. The van der Waals surface area contributed by atoms with Crippen molar-refractivity contribution in [2.45, 2.75) is 29.4 Å². The highest BCUT2D eigenvalue weighted by molar-refractivity contribution is 7.98. The van der Waals surface area contributed by atoms with E-state index in [2.05, 4.69) is 9.97 Å². The number of thioether (sulfide) groups is 1. The summed E-state index contributed by atoms with van der Waals surface area (Å²) in [5.74, 6) is 0. The van der Waals surface area contributed by atoms with Gasteiger partial charge in [0.2, 0.25) is 0 Å². The van der Waals surface area contributed by atoms with Gasteiger partial charge in [-0.25, -0.2) is 4.98 Å². The lowest BCUT2D eigenvalue weighted by Gasteiger charge is -2.08. The van der Waals surface area contributed by atoms with Crippen molar-refractivity contribution in [3.05, 3.63) is 10.4 Å². The number of nitrogens with zero attached hydrogens (tertiary/aromatic N) is 2. The third kappa shape index (κ3) is 1.45. The summed E-state index contributed by atoms with van der Waals surface area (Å²) < 4.78 is 0. The van der Waals surface area contributed by atoms with Gasteiger partial charge in [-0.2, -0.15) is 0 Å². The summed E-state index contributed by atoms with van der Waals surface area (Å²) in [7, 11) is 0. The van der Waals surface area contributed by atoms with E-state index in [0.717, 1.165) is 26.8 Å². The molecular formula is C10H9N2S3-. The van der Waals surface area contributed by atoms with Crippen LogP contribution in [0.4, 0.5) is 0 Å². The molecule has 0 N–H and O–H groups in total. The van der Waals surface area contributed by atoms with Gasteiger partial charge < -0.3 is 12.6 Å². The smallest absolute Gasteiger partial charge is 0.187 e. The van der Waals surface area contributed by atoms with Crippen LogP contribution in [0.2, 0.25) is 0 Å². The van der Waals surface area contributed by atoms with E-state index >= 15 is 0 Å². The van der Waals surface area contributed by atoms with E-state index in [-0.39, 0.29) is 0 Å². The van der Waals surface area contributed by atoms with Crippen LogP contribution in [-0.2, 0) is 25.5 Å². The van der Waals surface area contributed by atoms with E-state index < -0.39 is 0 Å². The van der Waals surface area contributed by atoms with Crippen molar-refractivity contribution in [2.75, 3.05) is 6.26 Å². The first-order valence-electron chi connectivity index (χ1n) is 4.83. The van der Waals surface area contributed by atoms with Crippen molar-refractivity contribution in [1.82, 2.24) is 9.97 Å². The molecule has 0 aromatic carbocycles. The van der Waals surface area contributed by atoms with Gasteiger partial charge >= 0.3 is 0 Å². The van der Waals surface area contributed by atoms with Crippen LogP contribution in [0, 0.1) is 0 Å². The monoisotopic (exact) mass is 253 g/mol. The Hall–Kier alpha value is -0.390. The fraction of sp³-hybridized carbons (Fsp3) is 0.400. The average molecular weight is 253 g/mol. The normalized spacial score (nSPS) is 14.7. The van der Waals surface area contributed by atoms with Crippen LogP contribution in [0.15, 0.2) is 10.2 Å². The molecule has 2 aromatic rings. The van der Waals surface area contributed by atoms with Gasteiger partial charge in [0.1, 0.15) is 4.83 Å². The molecule has 2 heterocycles. The molecule has 0 unspecified atom stereocenters. The summed E-state index contributed by atoms with van der Waals surface area (Å²) in [5.41, 5.74) is 1.42. The van der Waals surface area contributed by atoms with Crippen molar-refractivity contribution >= 4 is 45.9 Å². The third-order valence-corrected chi connectivity index (χ3v) is 4.72. The molecule has 0 saturated carbocycles. The maximum absolute atomic E-state index is 5.34. The second-order valence-electron chi connectivity index (χ2n) is 3.55. The molecular weight excluding hydrogens is 244 g/mol. The summed E-state index contributed by atoms with van der Waals surface area (Å²) in [6.07, 6.45) is 5.59. The molecule has 1 aliphatic carbocycles. The molecule has 2 nitrogen and oxygen atoms in total. The first kappa shape index (κ1) is 9.81. The van der Waals surface area contributed by atoms with Crippen molar-refractivity contribution in [1.29, 1.82) is 0 Å². The zero-order valence-corrected chi connectivity index (χ0v) is 10.7. The van der Waals surface area contributed by atoms with Gasteiger partial charge in [-0.05, 0) is 31.1 Å². The highest BCUT2D eigenvalue weighted by Gasteiger charge is 2.18. The van der Waals surface area contributed by atoms with Crippen molar-refractivity contribution < 1.29 is 0 Å². The Morgan fingerprint density at radius 2 is 2.20 bits per heavy atom. The molecule has 0 amide bonds. The number of hydrogen-bond acceptors (Lipinski definition) is 5. The topological polar surface area (TPSA) is 25.8 Å². The molecule has 0 aliphatic heterocycles. The summed E-state index contributed by atoms with van der Waals surface area (Å²) in [6, 6.07) is 0. The molecule has 2 aromatic heterocycles. The quantitative estimate of drug-likeness (QED) is 0.338. The van der Waals surface area contributed by atoms with E-state index in [9.17, 15) is 0 Å². The lowest BCUT2D eigenvalue weighted by atomic mass is 10.2. The van der Waals surface area contributed by atoms with E-state index in [1.807, 2.05) is 6.26 Å².